The Morgan fingerprint density at radius 3 is 2.89 bits per heavy atom. The maximum atomic E-state index is 10.4. The van der Waals surface area contributed by atoms with E-state index in [2.05, 4.69) is 10.6 Å². The van der Waals surface area contributed by atoms with E-state index < -0.39 is 0 Å². The van der Waals surface area contributed by atoms with Gasteiger partial charge in [0.25, 0.3) is 0 Å². The molecule has 1 saturated heterocycles. The molecule has 0 saturated carbocycles. The van der Waals surface area contributed by atoms with Crippen LogP contribution in [0.15, 0.2) is 0 Å². The van der Waals surface area contributed by atoms with E-state index in [1.807, 2.05) is 0 Å². The summed E-state index contributed by atoms with van der Waals surface area (Å²) in [5.74, 6) is -0.0481. The first-order valence-corrected chi connectivity index (χ1v) is 2.78. The predicted molar refractivity (Wildman–Crippen MR) is 30.9 cm³/mol. The van der Waals surface area contributed by atoms with Crippen LogP contribution >= 0.6 is 0 Å². The van der Waals surface area contributed by atoms with Crippen molar-refractivity contribution in [3.63, 3.8) is 0 Å². The quantitative estimate of drug-likeness (QED) is 0.413. The molecule has 0 bridgehead atoms. The molecular weight excluding hydrogens is 120 g/mol. The summed E-state index contributed by atoms with van der Waals surface area (Å²) in [6.45, 7) is 0.672. The highest BCUT2D eigenvalue weighted by Gasteiger charge is 2.14. The van der Waals surface area contributed by atoms with Gasteiger partial charge in [0.2, 0.25) is 5.91 Å². The normalized spacial score (nSPS) is 27.1. The van der Waals surface area contributed by atoms with Crippen LogP contribution in [0.3, 0.4) is 0 Å². The molecule has 0 aromatic carbocycles. The maximum Gasteiger partial charge on any atom is 0.234 e. The Hall–Kier alpha value is -0.900. The number of aldehydes is 1. The van der Waals surface area contributed by atoms with Crippen LogP contribution in [0.25, 0.3) is 0 Å². The molecule has 1 heterocycles. The number of hydrogen-bond donors (Lipinski definition) is 2. The Balaban J connectivity index is 2.34. The van der Waals surface area contributed by atoms with Crippen molar-refractivity contribution >= 4 is 12.2 Å². The van der Waals surface area contributed by atoms with Crippen LogP contribution in [0.1, 0.15) is 0 Å². The lowest BCUT2D eigenvalue weighted by Crippen LogP contribution is -2.52. The predicted octanol–water partition coefficient (Wildman–Crippen LogP) is -1.73. The summed E-state index contributed by atoms with van der Waals surface area (Å²) in [6.07, 6.45) is 0.791. The molecule has 0 radical (unpaired) electrons. The highest BCUT2D eigenvalue weighted by molar-refractivity contribution is 5.80. The Morgan fingerprint density at radius 1 is 1.67 bits per heavy atom. The molecule has 9 heavy (non-hydrogen) atoms. The van der Waals surface area contributed by atoms with E-state index in [9.17, 15) is 9.59 Å². The van der Waals surface area contributed by atoms with Crippen LogP contribution < -0.4 is 10.6 Å². The molecule has 1 fully saturated rings. The zero-order valence-corrected chi connectivity index (χ0v) is 4.89. The van der Waals surface area contributed by atoms with E-state index in [1.54, 1.807) is 0 Å². The summed E-state index contributed by atoms with van der Waals surface area (Å²) in [5, 5.41) is 5.29. The lowest BCUT2D eigenvalue weighted by molar-refractivity contribution is -0.122. The lowest BCUT2D eigenvalue weighted by atomic mass is 10.3. The van der Waals surface area contributed by atoms with Crippen molar-refractivity contribution in [1.29, 1.82) is 0 Å². The molecule has 0 aromatic rings. The van der Waals surface area contributed by atoms with Crippen LogP contribution in [-0.4, -0.2) is 31.3 Å². The second kappa shape index (κ2) is 2.59. The van der Waals surface area contributed by atoms with Crippen molar-refractivity contribution in [2.45, 2.75) is 6.04 Å². The monoisotopic (exact) mass is 128 g/mol. The van der Waals surface area contributed by atoms with Crippen molar-refractivity contribution in [3.05, 3.63) is 0 Å². The van der Waals surface area contributed by atoms with Crippen molar-refractivity contribution in [2.75, 3.05) is 13.1 Å². The van der Waals surface area contributed by atoms with Crippen molar-refractivity contribution in [1.82, 2.24) is 10.6 Å². The largest absolute Gasteiger partial charge is 0.353 e. The topological polar surface area (TPSA) is 58.2 Å². The minimum absolute atomic E-state index is 0.0481. The van der Waals surface area contributed by atoms with Gasteiger partial charge < -0.3 is 10.1 Å². The molecular formula is C5H8N2O2. The van der Waals surface area contributed by atoms with Gasteiger partial charge in [0.15, 0.2) is 0 Å². The third kappa shape index (κ3) is 1.50. The van der Waals surface area contributed by atoms with Crippen molar-refractivity contribution in [3.8, 4) is 0 Å². The number of piperazine rings is 1. The van der Waals surface area contributed by atoms with Crippen LogP contribution in [0, 0.1) is 0 Å². The van der Waals surface area contributed by atoms with Crippen LogP contribution in [0.4, 0.5) is 0 Å². The van der Waals surface area contributed by atoms with Gasteiger partial charge in [-0.15, -0.1) is 0 Å². The van der Waals surface area contributed by atoms with Gasteiger partial charge in [0.1, 0.15) is 6.29 Å². The molecule has 1 aliphatic heterocycles. The molecule has 1 unspecified atom stereocenters. The van der Waals surface area contributed by atoms with Crippen molar-refractivity contribution < 1.29 is 9.59 Å². The molecule has 4 heteroatoms. The fraction of sp³-hybridized carbons (Fsp3) is 0.600. The van der Waals surface area contributed by atoms with Crippen LogP contribution in [0.2, 0.25) is 0 Å². The van der Waals surface area contributed by atoms with Crippen LogP contribution in [0.5, 0.6) is 0 Å². The molecule has 4 nitrogen and oxygen atoms in total. The Kier molecular flexibility index (Phi) is 1.79. The molecule has 1 rings (SSSR count). The number of nitrogens with one attached hydrogen (secondary N) is 2. The first-order chi connectivity index (χ1) is 4.33. The summed E-state index contributed by atoms with van der Waals surface area (Å²) in [6, 6.07) is -0.192. The van der Waals surface area contributed by atoms with Gasteiger partial charge in [-0.25, -0.2) is 0 Å². The van der Waals surface area contributed by atoms with Gasteiger partial charge >= 0.3 is 0 Å². The minimum atomic E-state index is -0.192. The van der Waals surface area contributed by atoms with E-state index >= 15 is 0 Å². The standard InChI is InChI=1S/C5H8N2O2/c8-3-4-1-7-5(9)2-6-4/h3-4,6H,1-2H2,(H,7,9). The molecule has 1 aliphatic rings. The molecule has 2 N–H and O–H groups in total. The van der Waals surface area contributed by atoms with Gasteiger partial charge in [0, 0.05) is 6.54 Å². The Bertz CT molecular complexity index is 125. The van der Waals surface area contributed by atoms with Crippen LogP contribution in [-0.2, 0) is 9.59 Å². The van der Waals surface area contributed by atoms with E-state index in [0.717, 1.165) is 6.29 Å². The maximum absolute atomic E-state index is 10.4. The van der Waals surface area contributed by atoms with E-state index in [0.29, 0.717) is 6.54 Å². The van der Waals surface area contributed by atoms with E-state index in [4.69, 9.17) is 0 Å². The highest BCUT2D eigenvalue weighted by Crippen LogP contribution is 1.81. The number of carbonyl (C=O) groups is 2. The number of hydrogen-bond acceptors (Lipinski definition) is 3. The summed E-state index contributed by atoms with van der Waals surface area (Å²) >= 11 is 0. The number of carbonyl (C=O) groups excluding carboxylic acids is 2. The van der Waals surface area contributed by atoms with E-state index in [-0.39, 0.29) is 18.5 Å². The van der Waals surface area contributed by atoms with Crippen molar-refractivity contribution in [2.24, 2.45) is 0 Å². The summed E-state index contributed by atoms with van der Waals surface area (Å²) in [4.78, 5) is 20.5. The molecule has 0 spiro atoms. The fourth-order valence-electron chi connectivity index (χ4n) is 0.678. The molecule has 1 atom stereocenters. The molecule has 50 valence electrons. The molecule has 0 aliphatic carbocycles. The average molecular weight is 128 g/mol. The third-order valence-corrected chi connectivity index (χ3v) is 1.21. The van der Waals surface area contributed by atoms with Gasteiger partial charge in [-0.05, 0) is 0 Å². The smallest absolute Gasteiger partial charge is 0.234 e. The zero-order valence-electron chi connectivity index (χ0n) is 4.89. The first-order valence-electron chi connectivity index (χ1n) is 2.78. The second-order valence-electron chi connectivity index (χ2n) is 1.93. The molecule has 1 amide bonds. The average Bonchev–Trinajstić information content (AvgIpc) is 1.90. The SMILES string of the molecule is O=CC1CNC(=O)CN1. The van der Waals surface area contributed by atoms with Gasteiger partial charge in [-0.3, -0.25) is 10.1 Å². The first kappa shape index (κ1) is 6.22. The van der Waals surface area contributed by atoms with Gasteiger partial charge in [-0.2, -0.15) is 0 Å². The lowest BCUT2D eigenvalue weighted by Gasteiger charge is -2.18. The third-order valence-electron chi connectivity index (χ3n) is 1.21. The van der Waals surface area contributed by atoms with E-state index in [1.165, 1.54) is 0 Å². The van der Waals surface area contributed by atoms with Gasteiger partial charge in [0.05, 0.1) is 12.6 Å². The fourth-order valence-corrected chi connectivity index (χ4v) is 0.678. The Labute approximate surface area is 52.6 Å². The number of amides is 1. The minimum Gasteiger partial charge on any atom is -0.353 e. The highest BCUT2D eigenvalue weighted by atomic mass is 16.2. The number of rotatable bonds is 1. The second-order valence-corrected chi connectivity index (χ2v) is 1.93. The molecule has 0 aromatic heterocycles. The zero-order chi connectivity index (χ0) is 6.69. The van der Waals surface area contributed by atoms with Gasteiger partial charge in [-0.1, -0.05) is 0 Å². The summed E-state index contributed by atoms with van der Waals surface area (Å²) in [7, 11) is 0. The summed E-state index contributed by atoms with van der Waals surface area (Å²) < 4.78 is 0. The Morgan fingerprint density at radius 2 is 2.44 bits per heavy atom. The summed E-state index contributed by atoms with van der Waals surface area (Å²) in [5.41, 5.74) is 0.